The number of hydrogen-bond donors (Lipinski definition) is 1. The number of benzene rings is 9. The number of nitrogens with zero attached hydrogens (tertiary/aromatic N) is 3. The minimum Gasteiger partial charge on any atom is -0.456 e. The Balaban J connectivity index is 1.08. The van der Waals surface area contributed by atoms with E-state index in [0.717, 1.165) is 110 Å². The molecule has 0 amide bonds. The maximum Gasteiger partial charge on any atom is 0.159 e. The lowest BCUT2D eigenvalue weighted by molar-refractivity contribution is 0.613. The van der Waals surface area contributed by atoms with E-state index in [1.165, 1.54) is 0 Å². The summed E-state index contributed by atoms with van der Waals surface area (Å²) in [4.78, 5) is 10.6. The Morgan fingerprint density at radius 1 is 0.453 bits per heavy atom. The summed E-state index contributed by atoms with van der Waals surface area (Å²) in [6, 6.07) is 71.5. The number of aliphatic imine (C=N–C) groups is 2. The van der Waals surface area contributed by atoms with Crippen LogP contribution in [0.25, 0.3) is 99.1 Å². The molecule has 0 aliphatic carbocycles. The van der Waals surface area contributed by atoms with E-state index in [0.29, 0.717) is 11.7 Å². The van der Waals surface area contributed by atoms with Crippen LogP contribution in [-0.2, 0) is 0 Å². The quantitative estimate of drug-likeness (QED) is 0.128. The zero-order valence-corrected chi connectivity index (χ0v) is 34.9. The molecule has 3 heterocycles. The van der Waals surface area contributed by atoms with Crippen molar-refractivity contribution < 1.29 is 8.83 Å². The van der Waals surface area contributed by atoms with Gasteiger partial charge in [0.15, 0.2) is 5.84 Å². The minimum absolute atomic E-state index is 0.379. The van der Waals surface area contributed by atoms with Crippen LogP contribution >= 0.6 is 0 Å². The topological polar surface area (TPSA) is 82.0 Å². The van der Waals surface area contributed by atoms with Crippen LogP contribution in [0.4, 0.5) is 0 Å². The van der Waals surface area contributed by atoms with Gasteiger partial charge in [0.25, 0.3) is 0 Å². The first-order chi connectivity index (χ1) is 31.6. The van der Waals surface area contributed by atoms with Gasteiger partial charge in [-0.05, 0) is 83.3 Å². The number of fused-ring (bicyclic) bond motifs is 9. The van der Waals surface area contributed by atoms with Crippen LogP contribution in [0, 0.1) is 0 Å². The number of rotatable bonds is 7. The Hall–Kier alpha value is -8.48. The fourth-order valence-corrected chi connectivity index (χ4v) is 9.46. The van der Waals surface area contributed by atoms with E-state index in [1.807, 2.05) is 72.8 Å². The van der Waals surface area contributed by atoms with Gasteiger partial charge < -0.3 is 19.1 Å². The Morgan fingerprint density at radius 2 is 1.06 bits per heavy atom. The van der Waals surface area contributed by atoms with Gasteiger partial charge in [-0.3, -0.25) is 0 Å². The van der Waals surface area contributed by atoms with E-state index >= 15 is 0 Å². The molecule has 0 saturated carbocycles. The summed E-state index contributed by atoms with van der Waals surface area (Å²) in [6.07, 6.45) is -0.424. The molecule has 0 aliphatic heterocycles. The van der Waals surface area contributed by atoms with E-state index in [4.69, 9.17) is 24.6 Å². The van der Waals surface area contributed by atoms with Crippen LogP contribution in [0.5, 0.6) is 0 Å². The second-order valence-corrected chi connectivity index (χ2v) is 16.3. The lowest BCUT2D eigenvalue weighted by atomic mass is 9.95. The van der Waals surface area contributed by atoms with E-state index in [1.54, 1.807) is 0 Å². The highest BCUT2D eigenvalue weighted by atomic mass is 16.3. The molecular formula is C58H40N4O2. The van der Waals surface area contributed by atoms with Crippen LogP contribution in [0.2, 0.25) is 0 Å². The van der Waals surface area contributed by atoms with Crippen molar-refractivity contribution in [2.24, 2.45) is 15.7 Å². The smallest absolute Gasteiger partial charge is 0.159 e. The maximum atomic E-state index is 6.81. The molecule has 1 atom stereocenters. The summed E-state index contributed by atoms with van der Waals surface area (Å²) < 4.78 is 15.0. The van der Waals surface area contributed by atoms with Crippen LogP contribution in [0.3, 0.4) is 0 Å². The van der Waals surface area contributed by atoms with Gasteiger partial charge in [0.05, 0.1) is 11.0 Å². The van der Waals surface area contributed by atoms with Gasteiger partial charge in [0.1, 0.15) is 34.3 Å². The zero-order chi connectivity index (χ0) is 42.7. The van der Waals surface area contributed by atoms with Crippen molar-refractivity contribution in [3.8, 4) is 33.4 Å². The number of para-hydroxylation sites is 3. The molecule has 6 heteroatoms. The molecule has 6 nitrogen and oxygen atoms in total. The third-order valence-electron chi connectivity index (χ3n) is 12.4. The monoisotopic (exact) mass is 824 g/mol. The van der Waals surface area contributed by atoms with Gasteiger partial charge in [-0.15, -0.1) is 0 Å². The number of hydrogen-bond acceptors (Lipinski definition) is 3. The Morgan fingerprint density at radius 3 is 1.89 bits per heavy atom. The van der Waals surface area contributed by atoms with Crippen molar-refractivity contribution in [3.05, 3.63) is 217 Å². The highest BCUT2D eigenvalue weighted by Crippen LogP contribution is 2.42. The fraction of sp³-hybridized carbons (Fsp3) is 0.0345. The van der Waals surface area contributed by atoms with E-state index in [2.05, 4.69) is 145 Å². The van der Waals surface area contributed by atoms with Gasteiger partial charge in [0, 0.05) is 49.0 Å². The first-order valence-electron chi connectivity index (χ1n) is 21.6. The van der Waals surface area contributed by atoms with Crippen LogP contribution in [-0.4, -0.2) is 16.2 Å². The summed E-state index contributed by atoms with van der Waals surface area (Å²) in [5.41, 5.74) is 20.7. The van der Waals surface area contributed by atoms with E-state index in [9.17, 15) is 0 Å². The summed E-state index contributed by atoms with van der Waals surface area (Å²) in [6.45, 7) is 2.13. The number of nitrogens with two attached hydrogens (primary N) is 1. The minimum atomic E-state index is -0.424. The number of amidine groups is 2. The summed E-state index contributed by atoms with van der Waals surface area (Å²) >= 11 is 0. The van der Waals surface area contributed by atoms with Crippen molar-refractivity contribution >= 4 is 77.4 Å². The van der Waals surface area contributed by atoms with Crippen molar-refractivity contribution in [2.45, 2.75) is 13.1 Å². The third-order valence-corrected chi connectivity index (χ3v) is 12.4. The van der Waals surface area contributed by atoms with Gasteiger partial charge in [-0.2, -0.15) is 0 Å². The average Bonchev–Trinajstić information content (AvgIpc) is 4.03. The number of aromatic nitrogens is 1. The van der Waals surface area contributed by atoms with Crippen molar-refractivity contribution in [2.75, 3.05) is 0 Å². The molecule has 12 rings (SSSR count). The molecule has 0 saturated heterocycles. The second-order valence-electron chi connectivity index (χ2n) is 16.3. The van der Waals surface area contributed by atoms with Gasteiger partial charge in [0.2, 0.25) is 0 Å². The Bertz CT molecular complexity index is 3820. The molecule has 3 aromatic heterocycles. The molecule has 9 aromatic carbocycles. The highest BCUT2D eigenvalue weighted by Gasteiger charge is 2.22. The predicted octanol–water partition coefficient (Wildman–Crippen LogP) is 15.0. The predicted molar refractivity (Wildman–Crippen MR) is 265 cm³/mol. The summed E-state index contributed by atoms with van der Waals surface area (Å²) in [7, 11) is 0. The molecule has 0 fully saturated rings. The Labute approximate surface area is 368 Å². The molecular weight excluding hydrogens is 785 g/mol. The van der Waals surface area contributed by atoms with Gasteiger partial charge in [-0.25, -0.2) is 9.98 Å². The lowest BCUT2D eigenvalue weighted by Gasteiger charge is -2.17. The summed E-state index contributed by atoms with van der Waals surface area (Å²) in [5.74, 6) is 0.885. The molecule has 12 aromatic rings. The van der Waals surface area contributed by atoms with Crippen LogP contribution < -0.4 is 5.73 Å². The fourth-order valence-electron chi connectivity index (χ4n) is 9.46. The van der Waals surface area contributed by atoms with Crippen LogP contribution in [0.15, 0.2) is 225 Å². The molecule has 0 aliphatic rings. The van der Waals surface area contributed by atoms with Crippen molar-refractivity contribution in [3.63, 3.8) is 0 Å². The SMILES string of the molecule is CC(/N=C(\N=C(N)c1ccccc1)c1ccc2c(c1)oc1ccccc12)n1c2ccc(-c3ccccc3)cc2c2cccc(-c3cccc(-c4cccc5oc6ccccc6c45)c3)c21. The largest absolute Gasteiger partial charge is 0.456 e. The second kappa shape index (κ2) is 15.2. The molecule has 0 spiro atoms. The molecule has 1 unspecified atom stereocenters. The molecule has 304 valence electrons. The maximum absolute atomic E-state index is 6.81. The normalized spacial score (nSPS) is 13.0. The molecule has 64 heavy (non-hydrogen) atoms. The van der Waals surface area contributed by atoms with Crippen molar-refractivity contribution in [1.29, 1.82) is 0 Å². The third kappa shape index (κ3) is 6.26. The van der Waals surface area contributed by atoms with Crippen molar-refractivity contribution in [1.82, 2.24) is 4.57 Å². The van der Waals surface area contributed by atoms with E-state index < -0.39 is 6.17 Å². The lowest BCUT2D eigenvalue weighted by Crippen LogP contribution is -2.17. The van der Waals surface area contributed by atoms with Gasteiger partial charge in [-0.1, -0.05) is 158 Å². The zero-order valence-electron chi connectivity index (χ0n) is 34.9. The molecule has 2 N–H and O–H groups in total. The number of furan rings is 2. The van der Waals surface area contributed by atoms with Crippen LogP contribution in [0.1, 0.15) is 24.2 Å². The highest BCUT2D eigenvalue weighted by molar-refractivity contribution is 6.16. The molecule has 0 radical (unpaired) electrons. The standard InChI is InChI=1S/C58H40N4O2/c1-36(60-58(61-57(59)38-17-6-3-7-18-38)42-29-31-46-45-21-8-10-26-51(45)64-54(46)35-42)62-50-32-30-39(37-15-4-2-5-16-37)34-49(50)47-25-13-24-44(56(47)62)41-20-12-19-40(33-41)43-23-14-28-53-55(43)48-22-9-11-27-52(48)63-53/h2-36H,1H3,(H2,59,60,61). The summed E-state index contributed by atoms with van der Waals surface area (Å²) in [5, 5.41) is 6.60. The Kier molecular flexibility index (Phi) is 8.83. The molecule has 0 bridgehead atoms. The van der Waals surface area contributed by atoms with Gasteiger partial charge >= 0.3 is 0 Å². The first-order valence-corrected chi connectivity index (χ1v) is 21.6. The first kappa shape index (κ1) is 37.3. The van der Waals surface area contributed by atoms with E-state index in [-0.39, 0.29) is 0 Å². The average molecular weight is 825 g/mol.